The molecule has 0 aromatic heterocycles. The molecule has 0 saturated heterocycles. The van der Waals surface area contributed by atoms with Crippen molar-refractivity contribution >= 4 is 0 Å². The molecule has 4 rings (SSSR count). The van der Waals surface area contributed by atoms with Crippen molar-refractivity contribution in [2.45, 2.75) is 6.92 Å². The minimum Gasteiger partial charge on any atom is -0.0833 e. The molecule has 4 aliphatic rings. The first-order chi connectivity index (χ1) is 5.36. The fourth-order valence-corrected chi connectivity index (χ4v) is 2.40. The van der Waals surface area contributed by atoms with Gasteiger partial charge in [0.15, 0.2) is 0 Å². The van der Waals surface area contributed by atoms with Gasteiger partial charge in [-0.15, -0.1) is 0 Å². The predicted octanol–water partition coefficient (Wildman–Crippen LogP) is 2.55. The van der Waals surface area contributed by atoms with Crippen LogP contribution < -0.4 is 0 Å². The Balaban J connectivity index is 2.17. The van der Waals surface area contributed by atoms with Crippen molar-refractivity contribution in [3.05, 3.63) is 36.0 Å². The van der Waals surface area contributed by atoms with Crippen LogP contribution in [-0.4, -0.2) is 0 Å². The SMILES string of the molecule is CC1=CC2C3C=CC1C=C[C@H]32. The van der Waals surface area contributed by atoms with Crippen LogP contribution in [0.15, 0.2) is 36.0 Å². The molecule has 0 heteroatoms. The lowest BCUT2D eigenvalue weighted by Crippen LogP contribution is -1.90. The highest BCUT2D eigenvalue weighted by molar-refractivity contribution is 5.36. The molecular formula is C11H12. The Morgan fingerprint density at radius 2 is 1.55 bits per heavy atom. The number of allylic oxidation sites excluding steroid dienone is 6. The largest absolute Gasteiger partial charge is 0.0833 e. The smallest absolute Gasteiger partial charge is 0.0155 e. The molecule has 0 nitrogen and oxygen atoms in total. The van der Waals surface area contributed by atoms with E-state index in [-0.39, 0.29) is 0 Å². The second-order valence-electron chi connectivity index (χ2n) is 3.94. The molecular weight excluding hydrogens is 132 g/mol. The van der Waals surface area contributed by atoms with Gasteiger partial charge in [0.05, 0.1) is 0 Å². The summed E-state index contributed by atoms with van der Waals surface area (Å²) in [5.41, 5.74) is 1.55. The Morgan fingerprint density at radius 1 is 0.909 bits per heavy atom. The van der Waals surface area contributed by atoms with Crippen molar-refractivity contribution in [3.63, 3.8) is 0 Å². The second kappa shape index (κ2) is 1.69. The Morgan fingerprint density at radius 3 is 2.18 bits per heavy atom. The molecule has 1 fully saturated rings. The van der Waals surface area contributed by atoms with Crippen LogP contribution in [-0.2, 0) is 0 Å². The summed E-state index contributed by atoms with van der Waals surface area (Å²) in [6.45, 7) is 2.25. The van der Waals surface area contributed by atoms with Gasteiger partial charge in [-0.25, -0.2) is 0 Å². The number of hydrogen-bond donors (Lipinski definition) is 0. The van der Waals surface area contributed by atoms with Gasteiger partial charge in [-0.05, 0) is 24.7 Å². The monoisotopic (exact) mass is 144 g/mol. The summed E-state index contributed by atoms with van der Waals surface area (Å²) in [4.78, 5) is 0. The van der Waals surface area contributed by atoms with Crippen molar-refractivity contribution in [1.82, 2.24) is 0 Å². The molecule has 4 aliphatic carbocycles. The van der Waals surface area contributed by atoms with E-state index in [9.17, 15) is 0 Å². The summed E-state index contributed by atoms with van der Waals surface area (Å²) in [7, 11) is 0. The quantitative estimate of drug-likeness (QED) is 0.458. The molecule has 0 heterocycles. The summed E-state index contributed by atoms with van der Waals surface area (Å²) in [5, 5.41) is 0. The van der Waals surface area contributed by atoms with E-state index >= 15 is 0 Å². The Labute approximate surface area is 67.3 Å². The van der Waals surface area contributed by atoms with Crippen LogP contribution >= 0.6 is 0 Å². The first-order valence-corrected chi connectivity index (χ1v) is 4.41. The van der Waals surface area contributed by atoms with Crippen LogP contribution in [0.4, 0.5) is 0 Å². The summed E-state index contributed by atoms with van der Waals surface area (Å²) >= 11 is 0. The van der Waals surface area contributed by atoms with E-state index in [0.29, 0.717) is 5.92 Å². The molecule has 0 spiro atoms. The Hall–Kier alpha value is -0.780. The van der Waals surface area contributed by atoms with Gasteiger partial charge in [-0.3, -0.25) is 0 Å². The fraction of sp³-hybridized carbons (Fsp3) is 0.455. The highest BCUT2D eigenvalue weighted by Crippen LogP contribution is 2.53. The van der Waals surface area contributed by atoms with Crippen molar-refractivity contribution < 1.29 is 0 Å². The Bertz CT molecular complexity index is 260. The molecule has 0 amide bonds. The van der Waals surface area contributed by atoms with Crippen LogP contribution in [0, 0.1) is 23.7 Å². The summed E-state index contributed by atoms with van der Waals surface area (Å²) < 4.78 is 0. The zero-order valence-corrected chi connectivity index (χ0v) is 6.70. The van der Waals surface area contributed by atoms with Crippen molar-refractivity contribution in [2.75, 3.05) is 0 Å². The van der Waals surface area contributed by atoms with Crippen LogP contribution in [0.2, 0.25) is 0 Å². The molecule has 3 unspecified atom stereocenters. The third-order valence-electron chi connectivity index (χ3n) is 3.25. The van der Waals surface area contributed by atoms with E-state index in [2.05, 4.69) is 37.3 Å². The zero-order chi connectivity index (χ0) is 7.42. The van der Waals surface area contributed by atoms with Crippen molar-refractivity contribution in [1.29, 1.82) is 0 Å². The van der Waals surface area contributed by atoms with Gasteiger partial charge >= 0.3 is 0 Å². The van der Waals surface area contributed by atoms with Gasteiger partial charge in [0.1, 0.15) is 0 Å². The van der Waals surface area contributed by atoms with Crippen LogP contribution in [0.3, 0.4) is 0 Å². The minimum absolute atomic E-state index is 0.620. The average Bonchev–Trinajstić information content (AvgIpc) is 2.65. The maximum atomic E-state index is 2.47. The second-order valence-corrected chi connectivity index (χ2v) is 3.94. The molecule has 0 radical (unpaired) electrons. The summed E-state index contributed by atoms with van der Waals surface area (Å²) in [6.07, 6.45) is 12.0. The summed E-state index contributed by atoms with van der Waals surface area (Å²) in [6, 6.07) is 0. The fourth-order valence-electron chi connectivity index (χ4n) is 2.40. The van der Waals surface area contributed by atoms with Gasteiger partial charge < -0.3 is 0 Å². The minimum atomic E-state index is 0.620. The average molecular weight is 144 g/mol. The highest BCUT2D eigenvalue weighted by atomic mass is 14.5. The molecule has 0 aromatic carbocycles. The maximum absolute atomic E-state index is 2.47. The maximum Gasteiger partial charge on any atom is 0.0155 e. The predicted molar refractivity (Wildman–Crippen MR) is 46.0 cm³/mol. The standard InChI is InChI=1S/C11H12/c1-7-6-11-9-4-2-8(7)3-5-10(9)11/h2-6,8-11H,1H3/t8?,9-,10?,11?/m1/s1. The van der Waals surface area contributed by atoms with Gasteiger partial charge in [-0.1, -0.05) is 36.0 Å². The van der Waals surface area contributed by atoms with E-state index in [1.54, 1.807) is 5.57 Å². The van der Waals surface area contributed by atoms with Gasteiger partial charge in [-0.2, -0.15) is 0 Å². The molecule has 1 saturated carbocycles. The van der Waals surface area contributed by atoms with Gasteiger partial charge in [0.2, 0.25) is 0 Å². The first-order valence-electron chi connectivity index (χ1n) is 4.41. The van der Waals surface area contributed by atoms with E-state index in [1.807, 2.05) is 0 Å². The molecule has 11 heavy (non-hydrogen) atoms. The lowest BCUT2D eigenvalue weighted by atomic mass is 10.0. The first kappa shape index (κ1) is 5.82. The highest BCUT2D eigenvalue weighted by Gasteiger charge is 2.47. The lowest BCUT2D eigenvalue weighted by molar-refractivity contribution is 0.957. The zero-order valence-electron chi connectivity index (χ0n) is 6.70. The van der Waals surface area contributed by atoms with Gasteiger partial charge in [0.25, 0.3) is 0 Å². The third kappa shape index (κ3) is 0.649. The van der Waals surface area contributed by atoms with Crippen LogP contribution in [0.25, 0.3) is 0 Å². The molecule has 4 bridgehead atoms. The van der Waals surface area contributed by atoms with Crippen LogP contribution in [0.1, 0.15) is 6.92 Å². The normalized spacial score (nSPS) is 50.1. The van der Waals surface area contributed by atoms with E-state index < -0.39 is 0 Å². The number of rotatable bonds is 0. The summed E-state index contributed by atoms with van der Waals surface area (Å²) in [5.74, 6) is 3.19. The Kier molecular flexibility index (Phi) is 0.892. The lowest BCUT2D eigenvalue weighted by Gasteiger charge is -2.04. The molecule has 0 N–H and O–H groups in total. The molecule has 0 aliphatic heterocycles. The molecule has 56 valence electrons. The van der Waals surface area contributed by atoms with E-state index in [0.717, 1.165) is 17.8 Å². The van der Waals surface area contributed by atoms with Crippen molar-refractivity contribution in [2.24, 2.45) is 23.7 Å². The van der Waals surface area contributed by atoms with Crippen molar-refractivity contribution in [3.8, 4) is 0 Å². The van der Waals surface area contributed by atoms with E-state index in [4.69, 9.17) is 0 Å². The topological polar surface area (TPSA) is 0 Å². The van der Waals surface area contributed by atoms with Crippen LogP contribution in [0.5, 0.6) is 0 Å². The van der Waals surface area contributed by atoms with E-state index in [1.165, 1.54) is 0 Å². The van der Waals surface area contributed by atoms with Gasteiger partial charge in [0, 0.05) is 5.92 Å². The molecule has 4 atom stereocenters. The number of hydrogen-bond acceptors (Lipinski definition) is 0. The molecule has 0 aromatic rings. The third-order valence-corrected chi connectivity index (χ3v) is 3.25.